The summed E-state index contributed by atoms with van der Waals surface area (Å²) in [6.45, 7) is 6.20. The molecule has 3 rings (SSSR count). The molecule has 2 aromatic carbocycles. The Morgan fingerprint density at radius 1 is 1.00 bits per heavy atom. The van der Waals surface area contributed by atoms with Gasteiger partial charge in [-0.1, -0.05) is 36.0 Å². The summed E-state index contributed by atoms with van der Waals surface area (Å²) in [6.07, 6.45) is 0. The standard InChI is InChI=1S/C22H25N5O2S/c1-14-9-10-17(11-16(14)3)24-20(28)13-30-22-26-25-19(27(22)4)12-23-21(29)18-8-6-5-7-15(18)2/h5-11H,12-13H2,1-4H3,(H,23,29)(H,24,28). The van der Waals surface area contributed by atoms with E-state index in [-0.39, 0.29) is 24.1 Å². The van der Waals surface area contributed by atoms with E-state index in [1.54, 1.807) is 10.6 Å². The predicted octanol–water partition coefficient (Wildman–Crippen LogP) is 3.40. The number of benzene rings is 2. The third-order valence-corrected chi connectivity index (χ3v) is 5.87. The van der Waals surface area contributed by atoms with Crippen molar-refractivity contribution in [2.45, 2.75) is 32.5 Å². The summed E-state index contributed by atoms with van der Waals surface area (Å²) >= 11 is 1.30. The van der Waals surface area contributed by atoms with Gasteiger partial charge in [0.15, 0.2) is 11.0 Å². The first-order valence-electron chi connectivity index (χ1n) is 9.57. The van der Waals surface area contributed by atoms with Crippen molar-refractivity contribution in [2.24, 2.45) is 7.05 Å². The van der Waals surface area contributed by atoms with Crippen LogP contribution in [-0.2, 0) is 18.4 Å². The van der Waals surface area contributed by atoms with E-state index in [1.165, 1.54) is 17.3 Å². The van der Waals surface area contributed by atoms with E-state index >= 15 is 0 Å². The van der Waals surface area contributed by atoms with Crippen LogP contribution in [0.25, 0.3) is 0 Å². The molecule has 0 saturated carbocycles. The third-order valence-electron chi connectivity index (χ3n) is 4.84. The smallest absolute Gasteiger partial charge is 0.251 e. The van der Waals surface area contributed by atoms with Crippen molar-refractivity contribution in [1.82, 2.24) is 20.1 Å². The zero-order valence-electron chi connectivity index (χ0n) is 17.5. The minimum absolute atomic E-state index is 0.111. The van der Waals surface area contributed by atoms with Crippen LogP contribution in [0.15, 0.2) is 47.6 Å². The number of aromatic nitrogens is 3. The van der Waals surface area contributed by atoms with Crippen LogP contribution in [0.5, 0.6) is 0 Å². The molecule has 0 spiro atoms. The van der Waals surface area contributed by atoms with Gasteiger partial charge in [-0.25, -0.2) is 0 Å². The molecule has 1 heterocycles. The number of hydrogen-bond acceptors (Lipinski definition) is 5. The Labute approximate surface area is 180 Å². The second-order valence-electron chi connectivity index (χ2n) is 7.09. The van der Waals surface area contributed by atoms with Crippen LogP contribution in [0, 0.1) is 20.8 Å². The van der Waals surface area contributed by atoms with Gasteiger partial charge >= 0.3 is 0 Å². The van der Waals surface area contributed by atoms with Crippen molar-refractivity contribution >= 4 is 29.3 Å². The largest absolute Gasteiger partial charge is 0.345 e. The van der Waals surface area contributed by atoms with Gasteiger partial charge in [-0.2, -0.15) is 0 Å². The first-order chi connectivity index (χ1) is 14.3. The van der Waals surface area contributed by atoms with Crippen molar-refractivity contribution in [3.05, 3.63) is 70.5 Å². The minimum Gasteiger partial charge on any atom is -0.345 e. The molecule has 8 heteroatoms. The summed E-state index contributed by atoms with van der Waals surface area (Å²) in [5, 5.41) is 14.6. The molecule has 0 aliphatic heterocycles. The monoisotopic (exact) mass is 423 g/mol. The molecule has 0 saturated heterocycles. The Bertz CT molecular complexity index is 1080. The van der Waals surface area contributed by atoms with Crippen LogP contribution < -0.4 is 10.6 Å². The number of aryl methyl sites for hydroxylation is 3. The second-order valence-corrected chi connectivity index (χ2v) is 8.03. The summed E-state index contributed by atoms with van der Waals surface area (Å²) in [5.74, 6) is 0.571. The van der Waals surface area contributed by atoms with Crippen molar-refractivity contribution < 1.29 is 9.59 Å². The van der Waals surface area contributed by atoms with Gasteiger partial charge in [0.2, 0.25) is 5.91 Å². The molecule has 30 heavy (non-hydrogen) atoms. The van der Waals surface area contributed by atoms with Crippen molar-refractivity contribution in [3.63, 3.8) is 0 Å². The number of amides is 2. The normalized spacial score (nSPS) is 10.7. The Morgan fingerprint density at radius 2 is 1.77 bits per heavy atom. The van der Waals surface area contributed by atoms with Crippen LogP contribution in [0.1, 0.15) is 32.9 Å². The first kappa shape index (κ1) is 21.6. The van der Waals surface area contributed by atoms with Gasteiger partial charge in [0.05, 0.1) is 12.3 Å². The summed E-state index contributed by atoms with van der Waals surface area (Å²) in [4.78, 5) is 24.6. The number of rotatable bonds is 7. The number of nitrogens with zero attached hydrogens (tertiary/aromatic N) is 3. The quantitative estimate of drug-likeness (QED) is 0.569. The molecule has 0 aliphatic rings. The Kier molecular flexibility index (Phi) is 6.89. The molecule has 0 aliphatic carbocycles. The molecule has 0 fully saturated rings. The first-order valence-corrected chi connectivity index (χ1v) is 10.6. The van der Waals surface area contributed by atoms with Gasteiger partial charge in [-0.3, -0.25) is 9.59 Å². The summed E-state index contributed by atoms with van der Waals surface area (Å²) in [6, 6.07) is 13.2. The van der Waals surface area contributed by atoms with Crippen LogP contribution in [0.4, 0.5) is 5.69 Å². The fraction of sp³-hybridized carbons (Fsp3) is 0.273. The molecule has 7 nitrogen and oxygen atoms in total. The van der Waals surface area contributed by atoms with E-state index in [0.29, 0.717) is 16.5 Å². The lowest BCUT2D eigenvalue weighted by atomic mass is 10.1. The highest BCUT2D eigenvalue weighted by Gasteiger charge is 2.14. The number of nitrogens with one attached hydrogen (secondary N) is 2. The maximum atomic E-state index is 12.4. The maximum absolute atomic E-state index is 12.4. The van der Waals surface area contributed by atoms with Crippen LogP contribution >= 0.6 is 11.8 Å². The highest BCUT2D eigenvalue weighted by atomic mass is 32.2. The van der Waals surface area contributed by atoms with E-state index in [2.05, 4.69) is 20.8 Å². The van der Waals surface area contributed by atoms with E-state index in [0.717, 1.165) is 16.8 Å². The maximum Gasteiger partial charge on any atom is 0.251 e. The number of hydrogen-bond donors (Lipinski definition) is 2. The number of carbonyl (C=O) groups is 2. The molecule has 1 aromatic heterocycles. The fourth-order valence-electron chi connectivity index (χ4n) is 2.85. The molecule has 2 amide bonds. The van der Waals surface area contributed by atoms with Gasteiger partial charge in [-0.15, -0.1) is 10.2 Å². The molecule has 0 unspecified atom stereocenters. The lowest BCUT2D eigenvalue weighted by Crippen LogP contribution is -2.25. The third kappa shape index (κ3) is 5.27. The molecule has 0 bridgehead atoms. The Hall–Kier alpha value is -3.13. The molecular weight excluding hydrogens is 398 g/mol. The SMILES string of the molecule is Cc1ccc(NC(=O)CSc2nnc(CNC(=O)c3ccccc3C)n2C)cc1C. The lowest BCUT2D eigenvalue weighted by Gasteiger charge is -2.08. The average molecular weight is 424 g/mol. The summed E-state index contributed by atoms with van der Waals surface area (Å²) < 4.78 is 1.78. The van der Waals surface area contributed by atoms with Gasteiger partial charge in [0.25, 0.3) is 5.91 Å². The van der Waals surface area contributed by atoms with Gasteiger partial charge in [0.1, 0.15) is 0 Å². The van der Waals surface area contributed by atoms with E-state index in [4.69, 9.17) is 0 Å². The summed E-state index contributed by atoms with van der Waals surface area (Å²) in [5.41, 5.74) is 4.65. The fourth-order valence-corrected chi connectivity index (χ4v) is 3.58. The molecule has 0 radical (unpaired) electrons. The minimum atomic E-state index is -0.155. The van der Waals surface area contributed by atoms with Crippen LogP contribution in [-0.4, -0.2) is 32.3 Å². The number of thioether (sulfide) groups is 1. The molecule has 156 valence electrons. The number of carbonyl (C=O) groups excluding carboxylic acids is 2. The Balaban J connectivity index is 1.53. The zero-order chi connectivity index (χ0) is 21.7. The van der Waals surface area contributed by atoms with Gasteiger partial charge in [0, 0.05) is 18.3 Å². The number of anilines is 1. The molecular formula is C22H25N5O2S. The second kappa shape index (κ2) is 9.58. The highest BCUT2D eigenvalue weighted by Crippen LogP contribution is 2.18. The van der Waals surface area contributed by atoms with Crippen LogP contribution in [0.3, 0.4) is 0 Å². The highest BCUT2D eigenvalue weighted by molar-refractivity contribution is 7.99. The van der Waals surface area contributed by atoms with Crippen molar-refractivity contribution in [1.29, 1.82) is 0 Å². The average Bonchev–Trinajstić information content (AvgIpc) is 3.07. The summed E-state index contributed by atoms with van der Waals surface area (Å²) in [7, 11) is 1.82. The van der Waals surface area contributed by atoms with Gasteiger partial charge in [-0.05, 0) is 55.7 Å². The van der Waals surface area contributed by atoms with Crippen LogP contribution in [0.2, 0.25) is 0 Å². The topological polar surface area (TPSA) is 88.9 Å². The van der Waals surface area contributed by atoms with Crippen molar-refractivity contribution in [2.75, 3.05) is 11.1 Å². The zero-order valence-corrected chi connectivity index (χ0v) is 18.3. The van der Waals surface area contributed by atoms with Crippen molar-refractivity contribution in [3.8, 4) is 0 Å². The Morgan fingerprint density at radius 3 is 2.50 bits per heavy atom. The lowest BCUT2D eigenvalue weighted by molar-refractivity contribution is -0.113. The molecule has 3 aromatic rings. The molecule has 2 N–H and O–H groups in total. The predicted molar refractivity (Wildman–Crippen MR) is 119 cm³/mol. The molecule has 0 atom stereocenters. The van der Waals surface area contributed by atoms with E-state index in [1.807, 2.05) is 64.2 Å². The van der Waals surface area contributed by atoms with E-state index in [9.17, 15) is 9.59 Å². The van der Waals surface area contributed by atoms with E-state index < -0.39 is 0 Å². The van der Waals surface area contributed by atoms with Gasteiger partial charge < -0.3 is 15.2 Å².